The summed E-state index contributed by atoms with van der Waals surface area (Å²) in [4.78, 5) is 10.2. The first-order valence-electron chi connectivity index (χ1n) is 4.62. The predicted molar refractivity (Wildman–Crippen MR) is 54.6 cm³/mol. The molecule has 0 aromatic carbocycles. The quantitative estimate of drug-likeness (QED) is 0.659. The third-order valence-corrected chi connectivity index (χ3v) is 3.49. The molecule has 0 bridgehead atoms. The van der Waals surface area contributed by atoms with Gasteiger partial charge in [-0.1, -0.05) is 6.42 Å². The van der Waals surface area contributed by atoms with Gasteiger partial charge in [0.1, 0.15) is 0 Å². The van der Waals surface area contributed by atoms with Crippen molar-refractivity contribution in [1.82, 2.24) is 0 Å². The van der Waals surface area contributed by atoms with Gasteiger partial charge in [-0.05, 0) is 19.3 Å². The van der Waals surface area contributed by atoms with Gasteiger partial charge in [-0.15, -0.1) is 0 Å². The van der Waals surface area contributed by atoms with Crippen LogP contribution in [0.3, 0.4) is 0 Å². The van der Waals surface area contributed by atoms with E-state index >= 15 is 0 Å². The van der Waals surface area contributed by atoms with E-state index in [1.165, 1.54) is 0 Å². The molecular weight excluding hydrogens is 186 g/mol. The maximum atomic E-state index is 10.2. The number of carbonyl (C=O) groups is 1. The Morgan fingerprint density at radius 3 is 2.92 bits per heavy atom. The fraction of sp³-hybridized carbons (Fsp3) is 0.778. The molecule has 13 heavy (non-hydrogen) atoms. The molecule has 3 nitrogen and oxygen atoms in total. The zero-order valence-electron chi connectivity index (χ0n) is 7.61. The number of unbranched alkanes of at least 4 members (excludes halogenated alkanes) is 1. The summed E-state index contributed by atoms with van der Waals surface area (Å²) >= 11 is 1.88. The van der Waals surface area contributed by atoms with Crippen LogP contribution in [0.15, 0.2) is 0 Å². The second-order valence-corrected chi connectivity index (χ2v) is 4.64. The Kier molecular flexibility index (Phi) is 4.59. The minimum absolute atomic E-state index is 0.245. The third kappa shape index (κ3) is 4.52. The average Bonchev–Trinajstić information content (AvgIpc) is 2.45. The summed E-state index contributed by atoms with van der Waals surface area (Å²) in [5.74, 6) is 0.323. The number of rotatable bonds is 5. The number of carboxylic acid groups (broad SMARTS) is 1. The molecule has 1 aliphatic heterocycles. The molecule has 4 heteroatoms. The first-order valence-corrected chi connectivity index (χ1v) is 5.67. The number of hydrogen-bond acceptors (Lipinski definition) is 3. The van der Waals surface area contributed by atoms with E-state index in [9.17, 15) is 4.79 Å². The molecule has 1 radical (unpaired) electrons. The highest BCUT2D eigenvalue weighted by atomic mass is 32.2. The summed E-state index contributed by atoms with van der Waals surface area (Å²) < 4.78 is 0. The maximum Gasteiger partial charge on any atom is 0.303 e. The van der Waals surface area contributed by atoms with E-state index in [2.05, 4.69) is 6.42 Å². The van der Waals surface area contributed by atoms with Crippen LogP contribution in [0.1, 0.15) is 25.7 Å². The van der Waals surface area contributed by atoms with Crippen molar-refractivity contribution in [1.29, 1.82) is 0 Å². The number of thioether (sulfide) groups is 1. The standard InChI is InChI=1S/C9H16NO2S/c10-7-5-8(13-6-7)3-1-2-4-9(11)12/h5,7-8H,1-4,6,10H2,(H,11,12). The Labute approximate surface area is 83.1 Å². The Morgan fingerprint density at radius 2 is 2.38 bits per heavy atom. The van der Waals surface area contributed by atoms with Gasteiger partial charge < -0.3 is 10.8 Å². The summed E-state index contributed by atoms with van der Waals surface area (Å²) in [6.07, 6.45) is 5.32. The summed E-state index contributed by atoms with van der Waals surface area (Å²) in [5, 5.41) is 8.97. The molecule has 1 heterocycles. The van der Waals surface area contributed by atoms with Crippen molar-refractivity contribution in [3.8, 4) is 0 Å². The molecule has 3 N–H and O–H groups in total. The SMILES string of the molecule is NC1[CH]C(CCCCC(=O)O)SC1. The second kappa shape index (κ2) is 5.50. The molecule has 0 aromatic rings. The van der Waals surface area contributed by atoms with E-state index < -0.39 is 5.97 Å². The topological polar surface area (TPSA) is 63.3 Å². The first-order chi connectivity index (χ1) is 6.18. The molecule has 0 aliphatic carbocycles. The highest BCUT2D eigenvalue weighted by molar-refractivity contribution is 8.00. The van der Waals surface area contributed by atoms with E-state index in [1.807, 2.05) is 11.8 Å². The number of carboxylic acids is 1. The van der Waals surface area contributed by atoms with Crippen molar-refractivity contribution in [3.63, 3.8) is 0 Å². The summed E-state index contributed by atoms with van der Waals surface area (Å²) in [6.45, 7) is 0. The smallest absolute Gasteiger partial charge is 0.303 e. The van der Waals surface area contributed by atoms with Gasteiger partial charge in [0.05, 0.1) is 0 Å². The van der Waals surface area contributed by atoms with Crippen molar-refractivity contribution in [2.24, 2.45) is 5.73 Å². The van der Waals surface area contributed by atoms with Crippen LogP contribution in [-0.4, -0.2) is 28.1 Å². The van der Waals surface area contributed by atoms with Gasteiger partial charge in [0.2, 0.25) is 0 Å². The summed E-state index contributed by atoms with van der Waals surface area (Å²) in [7, 11) is 0. The van der Waals surface area contributed by atoms with Crippen LogP contribution >= 0.6 is 11.8 Å². The molecule has 0 saturated carbocycles. The van der Waals surface area contributed by atoms with Crippen molar-refractivity contribution in [3.05, 3.63) is 6.42 Å². The first kappa shape index (κ1) is 10.9. The van der Waals surface area contributed by atoms with Gasteiger partial charge >= 0.3 is 5.97 Å². The summed E-state index contributed by atoms with van der Waals surface area (Å²) in [6, 6.07) is 0.245. The Hall–Kier alpha value is -0.220. The number of hydrogen-bond donors (Lipinski definition) is 2. The van der Waals surface area contributed by atoms with E-state index in [-0.39, 0.29) is 6.04 Å². The van der Waals surface area contributed by atoms with Gasteiger partial charge in [0.25, 0.3) is 0 Å². The molecular formula is C9H16NO2S. The lowest BCUT2D eigenvalue weighted by molar-refractivity contribution is -0.137. The molecule has 2 atom stereocenters. The molecule has 0 aromatic heterocycles. The van der Waals surface area contributed by atoms with Gasteiger partial charge in [-0.3, -0.25) is 4.79 Å². The molecule has 0 spiro atoms. The van der Waals surface area contributed by atoms with E-state index in [0.717, 1.165) is 25.0 Å². The van der Waals surface area contributed by atoms with Crippen LogP contribution in [0.5, 0.6) is 0 Å². The zero-order valence-corrected chi connectivity index (χ0v) is 8.43. The highest BCUT2D eigenvalue weighted by Gasteiger charge is 2.21. The monoisotopic (exact) mass is 202 g/mol. The highest BCUT2D eigenvalue weighted by Crippen LogP contribution is 2.28. The lowest BCUT2D eigenvalue weighted by Gasteiger charge is -2.06. The lowest BCUT2D eigenvalue weighted by atomic mass is 10.1. The van der Waals surface area contributed by atoms with Crippen LogP contribution in [0.25, 0.3) is 0 Å². The minimum atomic E-state index is -0.695. The zero-order chi connectivity index (χ0) is 9.68. The molecule has 1 saturated heterocycles. The largest absolute Gasteiger partial charge is 0.481 e. The fourth-order valence-corrected chi connectivity index (χ4v) is 2.65. The number of nitrogens with two attached hydrogens (primary N) is 1. The molecule has 2 unspecified atom stereocenters. The molecule has 1 aliphatic rings. The van der Waals surface area contributed by atoms with Crippen molar-refractivity contribution < 1.29 is 9.90 Å². The Balaban J connectivity index is 1.97. The van der Waals surface area contributed by atoms with Crippen molar-refractivity contribution in [2.75, 3.05) is 5.75 Å². The minimum Gasteiger partial charge on any atom is -0.481 e. The Bertz CT molecular complexity index is 175. The van der Waals surface area contributed by atoms with Gasteiger partial charge in [0, 0.05) is 23.5 Å². The van der Waals surface area contributed by atoms with Crippen LogP contribution in [0.4, 0.5) is 0 Å². The van der Waals surface area contributed by atoms with Gasteiger partial charge in [-0.2, -0.15) is 11.8 Å². The molecule has 0 amide bonds. The van der Waals surface area contributed by atoms with E-state index in [1.54, 1.807) is 0 Å². The molecule has 1 fully saturated rings. The summed E-state index contributed by atoms with van der Waals surface area (Å²) in [5.41, 5.74) is 5.71. The maximum absolute atomic E-state index is 10.2. The van der Waals surface area contributed by atoms with Crippen LogP contribution in [0, 0.1) is 6.42 Å². The van der Waals surface area contributed by atoms with Crippen molar-refractivity contribution >= 4 is 17.7 Å². The normalized spacial score (nSPS) is 27.8. The van der Waals surface area contributed by atoms with E-state index in [0.29, 0.717) is 11.7 Å². The van der Waals surface area contributed by atoms with Crippen LogP contribution < -0.4 is 5.73 Å². The van der Waals surface area contributed by atoms with Crippen molar-refractivity contribution in [2.45, 2.75) is 37.0 Å². The molecule has 75 valence electrons. The van der Waals surface area contributed by atoms with Gasteiger partial charge in [-0.25, -0.2) is 0 Å². The van der Waals surface area contributed by atoms with Crippen LogP contribution in [-0.2, 0) is 4.79 Å². The van der Waals surface area contributed by atoms with E-state index in [4.69, 9.17) is 10.8 Å². The molecule has 1 rings (SSSR count). The fourth-order valence-electron chi connectivity index (χ4n) is 1.42. The second-order valence-electron chi connectivity index (χ2n) is 3.37. The number of aliphatic carboxylic acids is 1. The van der Waals surface area contributed by atoms with Crippen LogP contribution in [0.2, 0.25) is 0 Å². The third-order valence-electron chi connectivity index (χ3n) is 2.09. The lowest BCUT2D eigenvalue weighted by Crippen LogP contribution is -2.19. The predicted octanol–water partition coefficient (Wildman–Crippen LogP) is 1.28. The Morgan fingerprint density at radius 1 is 1.62 bits per heavy atom. The van der Waals surface area contributed by atoms with Gasteiger partial charge in [0.15, 0.2) is 0 Å². The average molecular weight is 202 g/mol.